The molecular weight excluding hydrogens is 260 g/mol. The van der Waals surface area contributed by atoms with Crippen LogP contribution in [-0.4, -0.2) is 53.2 Å². The third kappa shape index (κ3) is 1.71. The molecule has 0 fully saturated rings. The number of quaternary nitrogens is 1. The summed E-state index contributed by atoms with van der Waals surface area (Å²) in [7, 11) is 3.06. The predicted molar refractivity (Wildman–Crippen MR) is 67.5 cm³/mol. The molecule has 7 heteroatoms. The van der Waals surface area contributed by atoms with Crippen molar-refractivity contribution >= 4 is 23.6 Å². The van der Waals surface area contributed by atoms with E-state index in [1.165, 1.54) is 23.8 Å². The molecular formula is C13H13N4O3+. The quantitative estimate of drug-likeness (QED) is 0.605. The Morgan fingerprint density at radius 1 is 1.30 bits per heavy atom. The smallest absolute Gasteiger partial charge is 0.504 e. The normalized spacial score (nSPS) is 22.2. The summed E-state index contributed by atoms with van der Waals surface area (Å²) in [5.74, 6) is 0.753. The van der Waals surface area contributed by atoms with Crippen LogP contribution in [0.3, 0.4) is 0 Å². The minimum absolute atomic E-state index is 0.0829. The third-order valence-corrected chi connectivity index (χ3v) is 3.51. The Kier molecular flexibility index (Phi) is 2.65. The monoisotopic (exact) mass is 273 g/mol. The van der Waals surface area contributed by atoms with E-state index < -0.39 is 6.04 Å². The first-order chi connectivity index (χ1) is 9.49. The van der Waals surface area contributed by atoms with E-state index in [9.17, 15) is 14.7 Å². The van der Waals surface area contributed by atoms with E-state index in [1.54, 1.807) is 24.5 Å². The first kappa shape index (κ1) is 12.5. The molecule has 2 N–H and O–H groups in total. The molecule has 102 valence electrons. The van der Waals surface area contributed by atoms with Gasteiger partial charge in [0.2, 0.25) is 5.84 Å². The topological polar surface area (TPSA) is 92.4 Å². The fourth-order valence-electron chi connectivity index (χ4n) is 2.32. The van der Waals surface area contributed by atoms with Crippen LogP contribution >= 0.6 is 0 Å². The van der Waals surface area contributed by atoms with Crippen molar-refractivity contribution in [3.8, 4) is 5.75 Å². The number of imide groups is 1. The van der Waals surface area contributed by atoms with E-state index in [4.69, 9.17) is 0 Å². The lowest BCUT2D eigenvalue weighted by Crippen LogP contribution is -2.93. The van der Waals surface area contributed by atoms with E-state index in [1.807, 2.05) is 0 Å². The predicted octanol–water partition coefficient (Wildman–Crippen LogP) is -1.91. The molecule has 0 saturated carbocycles. The second-order valence-electron chi connectivity index (χ2n) is 4.75. The summed E-state index contributed by atoms with van der Waals surface area (Å²) in [5.41, 5.74) is 0.753. The molecule has 1 unspecified atom stereocenters. The van der Waals surface area contributed by atoms with Gasteiger partial charge in [0.15, 0.2) is 0 Å². The summed E-state index contributed by atoms with van der Waals surface area (Å²) in [5, 5.41) is 12.8. The van der Waals surface area contributed by atoms with Crippen LogP contribution in [0, 0.1) is 0 Å². The van der Waals surface area contributed by atoms with Crippen LogP contribution in [0.1, 0.15) is 5.56 Å². The third-order valence-electron chi connectivity index (χ3n) is 3.51. The standard InChI is InChI=1S/C13H12N4O3/c1-16-11-9(12(19)17(2)13(16)20)14-10(15-11)7-3-5-8(18)6-4-7/h3-6,9H,1-2H3,(H,14,18)/p+1. The molecule has 20 heavy (non-hydrogen) atoms. The van der Waals surface area contributed by atoms with Gasteiger partial charge >= 0.3 is 17.8 Å². The molecule has 3 rings (SSSR count). The first-order valence-corrected chi connectivity index (χ1v) is 6.11. The average molecular weight is 273 g/mol. The minimum Gasteiger partial charge on any atom is -0.872 e. The number of urea groups is 1. The minimum atomic E-state index is -0.676. The molecule has 0 spiro atoms. The van der Waals surface area contributed by atoms with Gasteiger partial charge in [0.1, 0.15) is 0 Å². The van der Waals surface area contributed by atoms with Gasteiger partial charge in [0.25, 0.3) is 6.04 Å². The molecule has 1 aromatic carbocycles. The number of aliphatic imine (C=N–C) groups is 1. The highest BCUT2D eigenvalue weighted by Gasteiger charge is 2.51. The fourth-order valence-corrected chi connectivity index (χ4v) is 2.32. The molecule has 2 heterocycles. The van der Waals surface area contributed by atoms with Gasteiger partial charge in [-0.05, 0) is 12.1 Å². The molecule has 0 bridgehead atoms. The van der Waals surface area contributed by atoms with Gasteiger partial charge in [0, 0.05) is 0 Å². The van der Waals surface area contributed by atoms with Crippen LogP contribution in [0.25, 0.3) is 0 Å². The Hall–Kier alpha value is -2.54. The van der Waals surface area contributed by atoms with Crippen molar-refractivity contribution in [3.05, 3.63) is 29.8 Å². The number of nitrogens with zero attached hydrogens (tertiary/aromatic N) is 3. The van der Waals surface area contributed by atoms with E-state index in [-0.39, 0.29) is 17.7 Å². The second kappa shape index (κ2) is 4.24. The molecule has 0 aliphatic carbocycles. The number of hydrogen-bond acceptors (Lipinski definition) is 4. The number of carbonyl (C=O) groups is 2. The van der Waals surface area contributed by atoms with Crippen LogP contribution in [-0.2, 0) is 4.79 Å². The summed E-state index contributed by atoms with van der Waals surface area (Å²) in [6.45, 7) is 0. The van der Waals surface area contributed by atoms with Gasteiger partial charge in [-0.15, -0.1) is 10.3 Å². The van der Waals surface area contributed by atoms with Crippen molar-refractivity contribution in [1.82, 2.24) is 4.90 Å². The number of nitrogens with two attached hydrogens (primary N) is 1. The largest absolute Gasteiger partial charge is 0.872 e. The molecule has 0 saturated heterocycles. The van der Waals surface area contributed by atoms with Gasteiger partial charge in [-0.1, -0.05) is 12.1 Å². The summed E-state index contributed by atoms with van der Waals surface area (Å²) in [4.78, 5) is 29.4. The Bertz CT molecular complexity index is 675. The van der Waals surface area contributed by atoms with Gasteiger partial charge in [-0.2, -0.15) is 9.69 Å². The van der Waals surface area contributed by atoms with Crippen LogP contribution in [0.2, 0.25) is 0 Å². The number of rotatable bonds is 1. The fraction of sp³-hybridized carbons (Fsp3) is 0.231. The molecule has 1 aromatic rings. The SMILES string of the molecule is CN1C(=O)C2N=C(c3ccc([O-])cc3)[NH2+]C2=[N+](C)C1=O. The summed E-state index contributed by atoms with van der Waals surface area (Å²) < 4.78 is 1.42. The van der Waals surface area contributed by atoms with Crippen LogP contribution in [0.4, 0.5) is 4.79 Å². The maximum Gasteiger partial charge on any atom is 0.504 e. The Labute approximate surface area is 114 Å². The summed E-state index contributed by atoms with van der Waals surface area (Å²) >= 11 is 0. The summed E-state index contributed by atoms with van der Waals surface area (Å²) in [6, 6.07) is 5.16. The maximum atomic E-state index is 12.1. The zero-order valence-electron chi connectivity index (χ0n) is 11.0. The number of hydrogen-bond donors (Lipinski definition) is 1. The Morgan fingerprint density at radius 3 is 2.60 bits per heavy atom. The zero-order valence-corrected chi connectivity index (χ0v) is 11.0. The van der Waals surface area contributed by atoms with Crippen molar-refractivity contribution < 1.29 is 24.6 Å². The molecule has 2 aliphatic rings. The van der Waals surface area contributed by atoms with E-state index in [0.717, 1.165) is 10.5 Å². The van der Waals surface area contributed by atoms with E-state index >= 15 is 0 Å². The molecule has 1 atom stereocenters. The molecule has 3 amide bonds. The lowest BCUT2D eigenvalue weighted by atomic mass is 10.2. The van der Waals surface area contributed by atoms with E-state index in [2.05, 4.69) is 4.99 Å². The highest BCUT2D eigenvalue weighted by atomic mass is 16.3. The Balaban J connectivity index is 2.02. The molecule has 0 aromatic heterocycles. The average Bonchev–Trinajstić information content (AvgIpc) is 2.89. The van der Waals surface area contributed by atoms with Gasteiger partial charge in [0.05, 0.1) is 19.7 Å². The number of amides is 3. The van der Waals surface area contributed by atoms with Crippen molar-refractivity contribution in [3.63, 3.8) is 0 Å². The van der Waals surface area contributed by atoms with Gasteiger partial charge in [-0.3, -0.25) is 0 Å². The van der Waals surface area contributed by atoms with Crippen LogP contribution in [0.5, 0.6) is 5.75 Å². The molecule has 7 nitrogen and oxygen atoms in total. The van der Waals surface area contributed by atoms with Crippen LogP contribution < -0.4 is 10.4 Å². The number of benzene rings is 1. The lowest BCUT2D eigenvalue weighted by molar-refractivity contribution is -0.514. The van der Waals surface area contributed by atoms with Crippen molar-refractivity contribution in [2.45, 2.75) is 6.04 Å². The Morgan fingerprint density at radius 2 is 1.95 bits per heavy atom. The number of amidine groups is 2. The molecule has 0 radical (unpaired) electrons. The van der Waals surface area contributed by atoms with Gasteiger partial charge in [-0.25, -0.2) is 15.1 Å². The highest BCUT2D eigenvalue weighted by molar-refractivity contribution is 6.16. The van der Waals surface area contributed by atoms with Gasteiger partial charge < -0.3 is 5.11 Å². The highest BCUT2D eigenvalue weighted by Crippen LogP contribution is 2.12. The number of likely N-dealkylation sites (N-methyl/N-ethyl adjacent to an activating group) is 1. The lowest BCUT2D eigenvalue weighted by Gasteiger charge is -2.15. The van der Waals surface area contributed by atoms with Crippen molar-refractivity contribution in [2.75, 3.05) is 14.1 Å². The van der Waals surface area contributed by atoms with Crippen molar-refractivity contribution in [1.29, 1.82) is 0 Å². The maximum absolute atomic E-state index is 12.1. The number of carbonyl (C=O) groups excluding carboxylic acids is 2. The second-order valence-corrected chi connectivity index (χ2v) is 4.75. The van der Waals surface area contributed by atoms with E-state index in [0.29, 0.717) is 11.7 Å². The zero-order chi connectivity index (χ0) is 14.4. The summed E-state index contributed by atoms with van der Waals surface area (Å²) in [6.07, 6.45) is 0. The van der Waals surface area contributed by atoms with Crippen LogP contribution in [0.15, 0.2) is 29.3 Å². The first-order valence-electron chi connectivity index (χ1n) is 6.11. The molecule has 2 aliphatic heterocycles. The number of fused-ring (bicyclic) bond motifs is 1. The van der Waals surface area contributed by atoms with Crippen molar-refractivity contribution in [2.24, 2.45) is 4.99 Å².